The Bertz CT molecular complexity index is 1340. The maximum atomic E-state index is 13.0. The number of carbonyl (C=O) groups excluding carboxylic acids is 3. The average molecular weight is 670 g/mol. The Balaban J connectivity index is 1.41. The molecule has 6 nitrogen and oxygen atoms in total. The number of halogens is 4. The van der Waals surface area contributed by atoms with E-state index in [1.807, 2.05) is 12.1 Å². The van der Waals surface area contributed by atoms with Gasteiger partial charge in [0.15, 0.2) is 18.2 Å². The van der Waals surface area contributed by atoms with E-state index in [-0.39, 0.29) is 24.1 Å². The minimum atomic E-state index is -0.487. The van der Waals surface area contributed by atoms with Crippen LogP contribution in [0.4, 0.5) is 5.69 Å². The van der Waals surface area contributed by atoms with Crippen LogP contribution in [0.15, 0.2) is 61.9 Å². The Hall–Kier alpha value is -2.13. The molecule has 0 spiro atoms. The molecule has 37 heavy (non-hydrogen) atoms. The Kier molecular flexibility index (Phi) is 7.82. The quantitative estimate of drug-likeness (QED) is 0.354. The average Bonchev–Trinajstić information content (AvgIpc) is 2.85. The van der Waals surface area contributed by atoms with Crippen molar-refractivity contribution in [2.75, 3.05) is 11.9 Å². The first-order valence-corrected chi connectivity index (χ1v) is 14.1. The summed E-state index contributed by atoms with van der Waals surface area (Å²) in [6.45, 7) is -0.254. The third-order valence-electron chi connectivity index (χ3n) is 6.55. The summed E-state index contributed by atoms with van der Waals surface area (Å²) in [7, 11) is 0. The van der Waals surface area contributed by atoms with Crippen molar-refractivity contribution in [3.8, 4) is 5.75 Å². The zero-order chi connectivity index (χ0) is 26.3. The zero-order valence-electron chi connectivity index (χ0n) is 19.5. The van der Waals surface area contributed by atoms with E-state index in [2.05, 4.69) is 37.2 Å². The van der Waals surface area contributed by atoms with Gasteiger partial charge in [0, 0.05) is 48.4 Å². The minimum Gasteiger partial charge on any atom is -0.481 e. The van der Waals surface area contributed by atoms with E-state index < -0.39 is 5.92 Å². The highest BCUT2D eigenvalue weighted by Crippen LogP contribution is 2.49. The largest absolute Gasteiger partial charge is 0.481 e. The van der Waals surface area contributed by atoms with Gasteiger partial charge in [-0.15, -0.1) is 0 Å². The molecular weight excluding hydrogens is 649 g/mol. The van der Waals surface area contributed by atoms with Gasteiger partial charge in [0.2, 0.25) is 0 Å². The number of hydrogen-bond donors (Lipinski definition) is 1. The number of rotatable bonds is 5. The first-order chi connectivity index (χ1) is 17.7. The summed E-state index contributed by atoms with van der Waals surface area (Å²) in [6, 6.07) is 8.48. The van der Waals surface area contributed by atoms with Gasteiger partial charge in [-0.3, -0.25) is 14.4 Å². The maximum absolute atomic E-state index is 13.0. The van der Waals surface area contributed by atoms with Crippen molar-refractivity contribution >= 4 is 78.2 Å². The van der Waals surface area contributed by atoms with Gasteiger partial charge >= 0.3 is 0 Å². The first-order valence-electron chi connectivity index (χ1n) is 11.8. The van der Waals surface area contributed by atoms with Gasteiger partial charge in [0.25, 0.3) is 5.91 Å². The predicted molar refractivity (Wildman–Crippen MR) is 148 cm³/mol. The van der Waals surface area contributed by atoms with E-state index in [4.69, 9.17) is 32.7 Å². The van der Waals surface area contributed by atoms with Crippen LogP contribution in [0.2, 0.25) is 10.0 Å². The molecule has 0 bridgehead atoms. The summed E-state index contributed by atoms with van der Waals surface area (Å²) < 4.78 is 13.1. The lowest BCUT2D eigenvalue weighted by molar-refractivity contribution is -0.119. The fraction of sp³-hybridized carbons (Fsp3) is 0.296. The van der Waals surface area contributed by atoms with Crippen LogP contribution >= 0.6 is 55.1 Å². The fourth-order valence-electron chi connectivity index (χ4n) is 4.94. The molecule has 0 saturated heterocycles. The van der Waals surface area contributed by atoms with Crippen LogP contribution in [0.3, 0.4) is 0 Å². The number of anilines is 1. The Morgan fingerprint density at radius 1 is 0.919 bits per heavy atom. The van der Waals surface area contributed by atoms with E-state index >= 15 is 0 Å². The number of carbonyl (C=O) groups is 3. The van der Waals surface area contributed by atoms with Crippen LogP contribution in [0.1, 0.15) is 50.0 Å². The van der Waals surface area contributed by atoms with Gasteiger partial charge < -0.3 is 14.8 Å². The molecule has 1 aliphatic heterocycles. The lowest BCUT2D eigenvalue weighted by atomic mass is 9.73. The predicted octanol–water partition coefficient (Wildman–Crippen LogP) is 7.66. The molecule has 0 radical (unpaired) electrons. The molecule has 1 N–H and O–H groups in total. The lowest BCUT2D eigenvalue weighted by Crippen LogP contribution is -2.30. The molecule has 2 aromatic carbocycles. The van der Waals surface area contributed by atoms with Gasteiger partial charge in [-0.2, -0.15) is 0 Å². The molecule has 2 aliphatic carbocycles. The van der Waals surface area contributed by atoms with Crippen molar-refractivity contribution in [2.24, 2.45) is 0 Å². The van der Waals surface area contributed by atoms with Crippen LogP contribution in [0, 0.1) is 0 Å². The molecule has 0 aromatic heterocycles. The van der Waals surface area contributed by atoms with E-state index in [0.29, 0.717) is 78.8 Å². The summed E-state index contributed by atoms with van der Waals surface area (Å²) in [5.41, 5.74) is 2.43. The second-order valence-electron chi connectivity index (χ2n) is 9.04. The number of allylic oxidation sites excluding steroid dienone is 4. The molecule has 1 amide bonds. The zero-order valence-corrected chi connectivity index (χ0v) is 24.2. The molecule has 10 heteroatoms. The molecule has 192 valence electrons. The van der Waals surface area contributed by atoms with Gasteiger partial charge in [-0.05, 0) is 80.6 Å². The van der Waals surface area contributed by atoms with Crippen molar-refractivity contribution in [1.82, 2.24) is 0 Å². The molecule has 3 aliphatic rings. The SMILES string of the molecule is O=C(COc1c(Br)cc(C2C3=C(CCCC3=O)OC3=C2C(=O)CCC3)cc1Br)Nc1ccc(Cl)c(Cl)c1. The molecule has 1 heterocycles. The van der Waals surface area contributed by atoms with E-state index in [1.165, 1.54) is 0 Å². The highest BCUT2D eigenvalue weighted by atomic mass is 79.9. The third-order valence-corrected chi connectivity index (χ3v) is 8.46. The summed E-state index contributed by atoms with van der Waals surface area (Å²) in [4.78, 5) is 38.5. The fourth-order valence-corrected chi connectivity index (χ4v) is 6.69. The summed E-state index contributed by atoms with van der Waals surface area (Å²) in [6.07, 6.45) is 3.72. The standard InChI is InChI=1S/C27H21Br2Cl2NO5/c28-15-9-13(10-16(29)27(15)36-12-23(35)32-14-7-8-17(30)18(31)11-14)24-25-19(33)3-1-5-21(25)37-22-6-2-4-20(34)26(22)24/h7-11,24H,1-6,12H2,(H,32,35). The van der Waals surface area contributed by atoms with Crippen LogP contribution in [0.5, 0.6) is 5.75 Å². The summed E-state index contributed by atoms with van der Waals surface area (Å²) in [5.74, 6) is 0.955. The Labute approximate surface area is 240 Å². The van der Waals surface area contributed by atoms with E-state index in [9.17, 15) is 14.4 Å². The number of ether oxygens (including phenoxy) is 2. The molecule has 0 unspecified atom stereocenters. The second-order valence-corrected chi connectivity index (χ2v) is 11.6. The molecule has 0 atom stereocenters. The van der Waals surface area contributed by atoms with Crippen LogP contribution in [-0.2, 0) is 19.1 Å². The van der Waals surface area contributed by atoms with Crippen molar-refractivity contribution in [2.45, 2.75) is 44.4 Å². The lowest BCUT2D eigenvalue weighted by Gasteiger charge is -2.36. The first kappa shape index (κ1) is 26.5. The summed E-state index contributed by atoms with van der Waals surface area (Å²) in [5, 5.41) is 3.44. The third kappa shape index (κ3) is 5.39. The molecule has 5 rings (SSSR count). The van der Waals surface area contributed by atoms with Crippen LogP contribution < -0.4 is 10.1 Å². The second kappa shape index (κ2) is 10.9. The van der Waals surface area contributed by atoms with Crippen LogP contribution in [0.25, 0.3) is 0 Å². The number of Topliss-reactive ketones (excluding diaryl/α,β-unsaturated/α-hetero) is 2. The molecule has 0 saturated carbocycles. The van der Waals surface area contributed by atoms with E-state index in [1.54, 1.807) is 18.2 Å². The normalized spacial score (nSPS) is 17.8. The van der Waals surface area contributed by atoms with Crippen molar-refractivity contribution in [1.29, 1.82) is 0 Å². The van der Waals surface area contributed by atoms with E-state index in [0.717, 1.165) is 18.4 Å². The molecule has 0 fully saturated rings. The number of hydrogen-bond acceptors (Lipinski definition) is 5. The van der Waals surface area contributed by atoms with Crippen molar-refractivity contribution in [3.05, 3.63) is 77.6 Å². The highest BCUT2D eigenvalue weighted by molar-refractivity contribution is 9.11. The number of benzene rings is 2. The highest BCUT2D eigenvalue weighted by Gasteiger charge is 2.42. The summed E-state index contributed by atoms with van der Waals surface area (Å²) >= 11 is 19.0. The number of amides is 1. The maximum Gasteiger partial charge on any atom is 0.262 e. The van der Waals surface area contributed by atoms with Crippen molar-refractivity contribution < 1.29 is 23.9 Å². The monoisotopic (exact) mass is 667 g/mol. The van der Waals surface area contributed by atoms with Gasteiger partial charge in [0.05, 0.1) is 19.0 Å². The minimum absolute atomic E-state index is 0.0164. The Morgan fingerprint density at radius 3 is 2.08 bits per heavy atom. The topological polar surface area (TPSA) is 81.7 Å². The van der Waals surface area contributed by atoms with Gasteiger partial charge in [-0.1, -0.05) is 23.2 Å². The molecular formula is C27H21Br2Cl2NO5. The van der Waals surface area contributed by atoms with Crippen molar-refractivity contribution in [3.63, 3.8) is 0 Å². The van der Waals surface area contributed by atoms with Gasteiger partial charge in [0.1, 0.15) is 17.3 Å². The number of nitrogens with one attached hydrogen (secondary N) is 1. The van der Waals surface area contributed by atoms with Gasteiger partial charge in [-0.25, -0.2) is 0 Å². The molecule has 2 aromatic rings. The Morgan fingerprint density at radius 2 is 1.51 bits per heavy atom. The smallest absolute Gasteiger partial charge is 0.262 e. The van der Waals surface area contributed by atoms with Crippen LogP contribution in [-0.4, -0.2) is 24.1 Å². The number of ketones is 2.